The van der Waals surface area contributed by atoms with Gasteiger partial charge in [0.15, 0.2) is 0 Å². The van der Waals surface area contributed by atoms with E-state index in [1.165, 1.54) is 25.7 Å². The highest BCUT2D eigenvalue weighted by atomic mass is 16.4. The molecular formula is C28H45NO5. The fraction of sp³-hybridized carbons (Fsp3) is 0.929. The van der Waals surface area contributed by atoms with Crippen LogP contribution in [0.5, 0.6) is 0 Å². The molecule has 10 atom stereocenters. The molecule has 5 aliphatic rings. The highest BCUT2D eigenvalue weighted by Crippen LogP contribution is 2.68. The molecule has 1 amide bonds. The molecule has 3 N–H and O–H groups in total. The number of carboxylic acids is 1. The molecule has 1 heterocycles. The Bertz CT molecular complexity index is 811. The summed E-state index contributed by atoms with van der Waals surface area (Å²) in [6.07, 6.45) is 9.43. The number of carbonyl (C=O) groups excluding carboxylic acids is 1. The fourth-order valence-corrected chi connectivity index (χ4v) is 9.72. The van der Waals surface area contributed by atoms with Gasteiger partial charge < -0.3 is 20.2 Å². The molecule has 0 radical (unpaired) electrons. The third-order valence-corrected chi connectivity index (χ3v) is 11.8. The van der Waals surface area contributed by atoms with Gasteiger partial charge in [-0.1, -0.05) is 20.8 Å². The summed E-state index contributed by atoms with van der Waals surface area (Å²) in [5.41, 5.74) is 0.485. The fourth-order valence-electron chi connectivity index (χ4n) is 9.72. The molecule has 34 heavy (non-hydrogen) atoms. The Hall–Kier alpha value is -1.14. The molecule has 6 nitrogen and oxygen atoms in total. The number of amides is 1. The first-order valence-corrected chi connectivity index (χ1v) is 13.9. The molecule has 5 unspecified atom stereocenters. The Balaban J connectivity index is 1.23. The number of rotatable bonds is 5. The zero-order valence-corrected chi connectivity index (χ0v) is 21.3. The number of fused-ring (bicyclic) bond motifs is 5. The predicted molar refractivity (Wildman–Crippen MR) is 129 cm³/mol. The van der Waals surface area contributed by atoms with Gasteiger partial charge in [-0.3, -0.25) is 9.59 Å². The normalized spacial score (nSPS) is 47.2. The van der Waals surface area contributed by atoms with E-state index in [4.69, 9.17) is 5.11 Å². The highest BCUT2D eigenvalue weighted by molar-refractivity contribution is 5.80. The Morgan fingerprint density at radius 1 is 0.971 bits per heavy atom. The molecular weight excluding hydrogens is 430 g/mol. The van der Waals surface area contributed by atoms with Crippen LogP contribution in [-0.4, -0.2) is 57.4 Å². The monoisotopic (exact) mass is 475 g/mol. The number of hydrogen-bond acceptors (Lipinski definition) is 4. The van der Waals surface area contributed by atoms with Crippen molar-refractivity contribution in [2.45, 2.75) is 97.2 Å². The third kappa shape index (κ3) is 3.82. The summed E-state index contributed by atoms with van der Waals surface area (Å²) in [4.78, 5) is 25.3. The van der Waals surface area contributed by atoms with Crippen LogP contribution in [0, 0.1) is 52.3 Å². The lowest BCUT2D eigenvalue weighted by atomic mass is 9.43. The molecule has 0 spiro atoms. The average Bonchev–Trinajstić information content (AvgIpc) is 3.09. The van der Waals surface area contributed by atoms with Crippen LogP contribution in [0.4, 0.5) is 0 Å². The molecule has 1 aliphatic heterocycles. The minimum absolute atomic E-state index is 0.105. The smallest absolute Gasteiger partial charge is 0.310 e. The number of aliphatic hydroxyl groups is 2. The topological polar surface area (TPSA) is 98.1 Å². The van der Waals surface area contributed by atoms with Crippen molar-refractivity contribution in [2.24, 2.45) is 52.3 Å². The van der Waals surface area contributed by atoms with Gasteiger partial charge in [-0.25, -0.2) is 0 Å². The Morgan fingerprint density at radius 3 is 2.35 bits per heavy atom. The zero-order valence-electron chi connectivity index (χ0n) is 21.3. The molecule has 1 saturated heterocycles. The standard InChI is InChI=1S/C28H45NO5/c1-16(4-7-24(32)29-14-17(15-29)26(33)34)20-5-6-21-25-22(9-11-28(20,21)3)27(2)10-8-19(30)12-18(27)13-23(25)31/h16-23,25,30-31H,4-15H2,1-3H3,(H,33,34)/t16?,18-,19+,20?,21?,22?,23-,25?,27-,28+/m0/s1. The van der Waals surface area contributed by atoms with Crippen LogP contribution in [0.15, 0.2) is 0 Å². The lowest BCUT2D eigenvalue weighted by Gasteiger charge is -2.62. The number of hydrogen-bond donors (Lipinski definition) is 3. The number of carbonyl (C=O) groups is 2. The van der Waals surface area contributed by atoms with Crippen LogP contribution in [0.1, 0.15) is 85.0 Å². The van der Waals surface area contributed by atoms with Gasteiger partial charge in [0.2, 0.25) is 5.91 Å². The largest absolute Gasteiger partial charge is 0.481 e. The number of nitrogens with zero attached hydrogens (tertiary/aromatic N) is 1. The molecule has 192 valence electrons. The lowest BCUT2D eigenvalue weighted by Crippen LogP contribution is -2.58. The minimum atomic E-state index is -0.799. The molecule has 0 aromatic carbocycles. The molecule has 5 fully saturated rings. The molecule has 4 saturated carbocycles. The molecule has 5 rings (SSSR count). The van der Waals surface area contributed by atoms with E-state index >= 15 is 0 Å². The van der Waals surface area contributed by atoms with E-state index in [2.05, 4.69) is 20.8 Å². The first kappa shape index (κ1) is 24.5. The van der Waals surface area contributed by atoms with Crippen LogP contribution in [0.25, 0.3) is 0 Å². The first-order valence-electron chi connectivity index (χ1n) is 13.9. The second kappa shape index (κ2) is 8.76. The molecule has 4 aliphatic carbocycles. The highest BCUT2D eigenvalue weighted by Gasteiger charge is 2.62. The Morgan fingerprint density at radius 2 is 1.65 bits per heavy atom. The van der Waals surface area contributed by atoms with E-state index in [0.717, 1.165) is 32.1 Å². The van der Waals surface area contributed by atoms with Crippen molar-refractivity contribution in [1.29, 1.82) is 0 Å². The molecule has 0 bridgehead atoms. The summed E-state index contributed by atoms with van der Waals surface area (Å²) in [5, 5.41) is 30.7. The van der Waals surface area contributed by atoms with Crippen molar-refractivity contribution in [2.75, 3.05) is 13.1 Å². The molecule has 0 aromatic heterocycles. The number of likely N-dealkylation sites (tertiary alicyclic amines) is 1. The summed E-state index contributed by atoms with van der Waals surface area (Å²) in [5.74, 6) is 1.91. The van der Waals surface area contributed by atoms with E-state index in [-0.39, 0.29) is 34.9 Å². The second-order valence-corrected chi connectivity index (χ2v) is 13.3. The van der Waals surface area contributed by atoms with E-state index < -0.39 is 5.97 Å². The lowest BCUT2D eigenvalue weighted by molar-refractivity contribution is -0.174. The molecule has 0 aromatic rings. The van der Waals surface area contributed by atoms with E-state index in [1.807, 2.05) is 0 Å². The summed E-state index contributed by atoms with van der Waals surface area (Å²) in [7, 11) is 0. The summed E-state index contributed by atoms with van der Waals surface area (Å²) >= 11 is 0. The van der Waals surface area contributed by atoms with Crippen LogP contribution >= 0.6 is 0 Å². The van der Waals surface area contributed by atoms with Gasteiger partial charge in [0.25, 0.3) is 0 Å². The maximum absolute atomic E-state index is 12.6. The van der Waals surface area contributed by atoms with Gasteiger partial charge in [0.1, 0.15) is 0 Å². The van der Waals surface area contributed by atoms with Crippen molar-refractivity contribution < 1.29 is 24.9 Å². The van der Waals surface area contributed by atoms with E-state index in [9.17, 15) is 19.8 Å². The number of carboxylic acid groups (broad SMARTS) is 1. The summed E-state index contributed by atoms with van der Waals surface area (Å²) < 4.78 is 0. The van der Waals surface area contributed by atoms with E-state index in [1.54, 1.807) is 4.90 Å². The average molecular weight is 476 g/mol. The summed E-state index contributed by atoms with van der Waals surface area (Å²) in [6.45, 7) is 7.97. The van der Waals surface area contributed by atoms with Gasteiger partial charge >= 0.3 is 5.97 Å². The Kier molecular flexibility index (Phi) is 6.32. The van der Waals surface area contributed by atoms with Crippen molar-refractivity contribution >= 4 is 11.9 Å². The summed E-state index contributed by atoms with van der Waals surface area (Å²) in [6, 6.07) is 0. The SMILES string of the molecule is CC(CCC(=O)N1CC(C(=O)O)C1)C1CCC2C3C(CC[C@]12C)[C@@]1(C)CC[C@@H](O)C[C@H]1C[C@@H]3O. The van der Waals surface area contributed by atoms with Gasteiger partial charge in [-0.15, -0.1) is 0 Å². The van der Waals surface area contributed by atoms with Crippen molar-refractivity contribution in [3.05, 3.63) is 0 Å². The van der Waals surface area contributed by atoms with Crippen LogP contribution < -0.4 is 0 Å². The van der Waals surface area contributed by atoms with Crippen molar-refractivity contribution in [3.8, 4) is 0 Å². The maximum atomic E-state index is 12.6. The van der Waals surface area contributed by atoms with Crippen LogP contribution in [-0.2, 0) is 9.59 Å². The predicted octanol–water partition coefficient (Wildman–Crippen LogP) is 3.94. The van der Waals surface area contributed by atoms with Crippen LogP contribution in [0.3, 0.4) is 0 Å². The minimum Gasteiger partial charge on any atom is -0.481 e. The van der Waals surface area contributed by atoms with E-state index in [0.29, 0.717) is 55.0 Å². The number of aliphatic hydroxyl groups excluding tert-OH is 2. The van der Waals surface area contributed by atoms with Gasteiger partial charge in [0.05, 0.1) is 18.1 Å². The van der Waals surface area contributed by atoms with Crippen LogP contribution in [0.2, 0.25) is 0 Å². The van der Waals surface area contributed by atoms with Crippen molar-refractivity contribution in [3.63, 3.8) is 0 Å². The Labute approximate surface area is 204 Å². The first-order chi connectivity index (χ1) is 16.0. The van der Waals surface area contributed by atoms with Gasteiger partial charge in [0, 0.05) is 19.5 Å². The molecule has 6 heteroatoms. The van der Waals surface area contributed by atoms with Gasteiger partial charge in [-0.05, 0) is 104 Å². The zero-order chi connectivity index (χ0) is 24.4. The number of aliphatic carboxylic acids is 1. The van der Waals surface area contributed by atoms with Crippen molar-refractivity contribution in [1.82, 2.24) is 4.90 Å². The second-order valence-electron chi connectivity index (χ2n) is 13.3. The maximum Gasteiger partial charge on any atom is 0.310 e. The third-order valence-electron chi connectivity index (χ3n) is 11.8. The van der Waals surface area contributed by atoms with Gasteiger partial charge in [-0.2, -0.15) is 0 Å². The quantitative estimate of drug-likeness (QED) is 0.560.